The molecule has 1 N–H and O–H groups in total. The molecule has 0 aliphatic carbocycles. The number of halogens is 3. The van der Waals surface area contributed by atoms with Gasteiger partial charge in [0.25, 0.3) is 0 Å². The molecule has 2 aromatic carbocycles. The second kappa shape index (κ2) is 5.77. The maximum Gasteiger partial charge on any atom is 0.165 e. The molecule has 106 valence electrons. The standard InChI is InChI=1S/C15H13ClF2O2/c1-8-3-5-11(14(18)13(8)17)15(19)10-6-4-9(16)7-12(10)20-2/h3-7,15,19H,1-2H3. The second-order valence-corrected chi connectivity index (χ2v) is 4.82. The number of aliphatic hydroxyl groups is 1. The highest BCUT2D eigenvalue weighted by molar-refractivity contribution is 6.30. The van der Waals surface area contributed by atoms with Gasteiger partial charge in [0.2, 0.25) is 0 Å². The average molecular weight is 299 g/mol. The van der Waals surface area contributed by atoms with E-state index in [1.54, 1.807) is 6.07 Å². The van der Waals surface area contributed by atoms with Crippen LogP contribution >= 0.6 is 11.6 Å². The Bertz CT molecular complexity index is 644. The quantitative estimate of drug-likeness (QED) is 0.927. The SMILES string of the molecule is COc1cc(Cl)ccc1C(O)c1ccc(C)c(F)c1F. The first-order chi connectivity index (χ1) is 9.45. The Morgan fingerprint density at radius 2 is 1.75 bits per heavy atom. The van der Waals surface area contributed by atoms with Gasteiger partial charge in [-0.05, 0) is 24.6 Å². The van der Waals surface area contributed by atoms with Gasteiger partial charge >= 0.3 is 0 Å². The van der Waals surface area contributed by atoms with Gasteiger partial charge in [0.15, 0.2) is 11.6 Å². The molecule has 0 radical (unpaired) electrons. The second-order valence-electron chi connectivity index (χ2n) is 4.39. The van der Waals surface area contributed by atoms with Crippen LogP contribution < -0.4 is 4.74 Å². The van der Waals surface area contributed by atoms with E-state index in [1.165, 1.54) is 38.3 Å². The lowest BCUT2D eigenvalue weighted by atomic mass is 9.99. The summed E-state index contributed by atoms with van der Waals surface area (Å²) in [4.78, 5) is 0. The van der Waals surface area contributed by atoms with Gasteiger partial charge in [0, 0.05) is 16.1 Å². The molecular weight excluding hydrogens is 286 g/mol. The topological polar surface area (TPSA) is 29.5 Å². The summed E-state index contributed by atoms with van der Waals surface area (Å²) < 4.78 is 32.6. The Morgan fingerprint density at radius 1 is 1.10 bits per heavy atom. The van der Waals surface area contributed by atoms with Gasteiger partial charge in [-0.3, -0.25) is 0 Å². The van der Waals surface area contributed by atoms with Crippen molar-refractivity contribution in [1.82, 2.24) is 0 Å². The summed E-state index contributed by atoms with van der Waals surface area (Å²) in [5.41, 5.74) is 0.356. The summed E-state index contributed by atoms with van der Waals surface area (Å²) in [5.74, 6) is -1.71. The predicted octanol–water partition coefficient (Wildman–Crippen LogP) is 4.02. The molecule has 20 heavy (non-hydrogen) atoms. The normalized spacial score (nSPS) is 12.3. The highest BCUT2D eigenvalue weighted by Crippen LogP contribution is 2.34. The molecule has 2 aromatic rings. The van der Waals surface area contributed by atoms with Crippen LogP contribution in [0.15, 0.2) is 30.3 Å². The molecule has 5 heteroatoms. The van der Waals surface area contributed by atoms with Gasteiger partial charge in [-0.1, -0.05) is 29.8 Å². The highest BCUT2D eigenvalue weighted by Gasteiger charge is 2.22. The molecule has 1 atom stereocenters. The van der Waals surface area contributed by atoms with Crippen molar-refractivity contribution >= 4 is 11.6 Å². The third-order valence-electron chi connectivity index (χ3n) is 3.09. The van der Waals surface area contributed by atoms with E-state index in [2.05, 4.69) is 0 Å². The van der Waals surface area contributed by atoms with Crippen LogP contribution in [0.4, 0.5) is 8.78 Å². The highest BCUT2D eigenvalue weighted by atomic mass is 35.5. The minimum absolute atomic E-state index is 0.145. The van der Waals surface area contributed by atoms with Gasteiger partial charge in [-0.25, -0.2) is 8.78 Å². The van der Waals surface area contributed by atoms with Gasteiger partial charge in [-0.15, -0.1) is 0 Å². The maximum absolute atomic E-state index is 13.9. The number of methoxy groups -OCH3 is 1. The first-order valence-electron chi connectivity index (χ1n) is 5.91. The van der Waals surface area contributed by atoms with Crippen molar-refractivity contribution in [3.8, 4) is 5.75 Å². The molecule has 2 rings (SSSR count). The Kier molecular flexibility index (Phi) is 4.26. The Hall–Kier alpha value is -1.65. The fourth-order valence-corrected chi connectivity index (χ4v) is 2.11. The monoisotopic (exact) mass is 298 g/mol. The molecule has 0 amide bonds. The van der Waals surface area contributed by atoms with Crippen LogP contribution in [0.25, 0.3) is 0 Å². The summed E-state index contributed by atoms with van der Waals surface area (Å²) in [5, 5.41) is 10.7. The van der Waals surface area contributed by atoms with Crippen molar-refractivity contribution < 1.29 is 18.6 Å². The molecule has 0 aliphatic rings. The Balaban J connectivity index is 2.52. The molecule has 0 bridgehead atoms. The van der Waals surface area contributed by atoms with Crippen LogP contribution in [-0.4, -0.2) is 12.2 Å². The van der Waals surface area contributed by atoms with Crippen molar-refractivity contribution in [2.45, 2.75) is 13.0 Å². The summed E-state index contributed by atoms with van der Waals surface area (Å²) in [6, 6.07) is 7.34. The number of aliphatic hydroxyl groups excluding tert-OH is 1. The number of hydrogen-bond donors (Lipinski definition) is 1. The van der Waals surface area contributed by atoms with Crippen molar-refractivity contribution in [2.24, 2.45) is 0 Å². The zero-order valence-corrected chi connectivity index (χ0v) is 11.7. The molecular formula is C15H13ClF2O2. The third kappa shape index (κ3) is 2.62. The summed E-state index contributed by atoms with van der Waals surface area (Å²) >= 11 is 5.83. The van der Waals surface area contributed by atoms with E-state index < -0.39 is 17.7 Å². The fourth-order valence-electron chi connectivity index (χ4n) is 1.95. The Labute approximate surface area is 120 Å². The van der Waals surface area contributed by atoms with E-state index in [4.69, 9.17) is 16.3 Å². The van der Waals surface area contributed by atoms with Crippen LogP contribution in [0.1, 0.15) is 22.8 Å². The van der Waals surface area contributed by atoms with Gasteiger partial charge < -0.3 is 9.84 Å². The summed E-state index contributed by atoms with van der Waals surface area (Å²) in [6.07, 6.45) is -1.34. The minimum Gasteiger partial charge on any atom is -0.496 e. The fraction of sp³-hybridized carbons (Fsp3) is 0.200. The van der Waals surface area contributed by atoms with Crippen LogP contribution in [0, 0.1) is 18.6 Å². The van der Waals surface area contributed by atoms with Crippen molar-refractivity contribution in [2.75, 3.05) is 7.11 Å². The number of hydrogen-bond acceptors (Lipinski definition) is 2. The lowest BCUT2D eigenvalue weighted by molar-refractivity contribution is 0.208. The lowest BCUT2D eigenvalue weighted by Gasteiger charge is -2.16. The molecule has 0 saturated heterocycles. The van der Waals surface area contributed by atoms with E-state index in [0.717, 1.165) is 0 Å². The largest absolute Gasteiger partial charge is 0.496 e. The first-order valence-corrected chi connectivity index (χ1v) is 6.29. The zero-order chi connectivity index (χ0) is 14.9. The van der Waals surface area contributed by atoms with Crippen molar-refractivity contribution in [3.63, 3.8) is 0 Å². The average Bonchev–Trinajstić information content (AvgIpc) is 2.44. The number of aryl methyl sites for hydroxylation is 1. The molecule has 2 nitrogen and oxygen atoms in total. The minimum atomic E-state index is -1.34. The molecule has 0 aliphatic heterocycles. The molecule has 0 heterocycles. The number of ether oxygens (including phenoxy) is 1. The molecule has 0 saturated carbocycles. The van der Waals surface area contributed by atoms with E-state index in [9.17, 15) is 13.9 Å². The van der Waals surface area contributed by atoms with Gasteiger partial charge in [0.05, 0.1) is 7.11 Å². The first kappa shape index (κ1) is 14.8. The van der Waals surface area contributed by atoms with E-state index in [1.807, 2.05) is 0 Å². The molecule has 0 aromatic heterocycles. The zero-order valence-electron chi connectivity index (χ0n) is 11.0. The summed E-state index contributed by atoms with van der Waals surface area (Å²) in [6.45, 7) is 1.46. The smallest absolute Gasteiger partial charge is 0.165 e. The molecule has 0 spiro atoms. The van der Waals surface area contributed by atoms with Crippen LogP contribution in [0.5, 0.6) is 5.75 Å². The predicted molar refractivity (Wildman–Crippen MR) is 73.2 cm³/mol. The van der Waals surface area contributed by atoms with Crippen molar-refractivity contribution in [1.29, 1.82) is 0 Å². The Morgan fingerprint density at radius 3 is 2.40 bits per heavy atom. The van der Waals surface area contributed by atoms with Gasteiger partial charge in [0.1, 0.15) is 11.9 Å². The van der Waals surface area contributed by atoms with Crippen LogP contribution in [-0.2, 0) is 0 Å². The van der Waals surface area contributed by atoms with E-state index in [0.29, 0.717) is 16.3 Å². The van der Waals surface area contributed by atoms with Gasteiger partial charge in [-0.2, -0.15) is 0 Å². The summed E-state index contributed by atoms with van der Waals surface area (Å²) in [7, 11) is 1.41. The number of benzene rings is 2. The maximum atomic E-state index is 13.9. The lowest BCUT2D eigenvalue weighted by Crippen LogP contribution is -2.07. The van der Waals surface area contributed by atoms with Crippen LogP contribution in [0.3, 0.4) is 0 Å². The van der Waals surface area contributed by atoms with E-state index in [-0.39, 0.29) is 11.1 Å². The molecule has 1 unspecified atom stereocenters. The van der Waals surface area contributed by atoms with Crippen LogP contribution in [0.2, 0.25) is 5.02 Å². The van der Waals surface area contributed by atoms with Crippen molar-refractivity contribution in [3.05, 3.63) is 63.7 Å². The third-order valence-corrected chi connectivity index (χ3v) is 3.33. The number of rotatable bonds is 3. The molecule has 0 fully saturated rings. The van der Waals surface area contributed by atoms with E-state index >= 15 is 0 Å².